The number of amides is 2. The number of aliphatic carboxylic acids is 1. The fourth-order valence-electron chi connectivity index (χ4n) is 2.41. The van der Waals surface area contributed by atoms with Crippen molar-refractivity contribution in [3.63, 3.8) is 0 Å². The number of carbonyl (C=O) groups excluding carboxylic acids is 2. The zero-order chi connectivity index (χ0) is 16.2. The number of urea groups is 1. The van der Waals surface area contributed by atoms with Gasteiger partial charge in [-0.15, -0.1) is 0 Å². The third-order valence-electron chi connectivity index (χ3n) is 3.62. The number of nitrogens with zero attached hydrogens (tertiary/aromatic N) is 1. The van der Waals surface area contributed by atoms with E-state index in [-0.39, 0.29) is 0 Å². The van der Waals surface area contributed by atoms with Gasteiger partial charge in [0.15, 0.2) is 0 Å². The molecule has 1 saturated heterocycles. The van der Waals surface area contributed by atoms with Gasteiger partial charge in [0.1, 0.15) is 12.1 Å². The molecule has 1 rings (SSSR count). The van der Waals surface area contributed by atoms with E-state index in [4.69, 9.17) is 4.74 Å². The Hall–Kier alpha value is -1.79. The summed E-state index contributed by atoms with van der Waals surface area (Å²) in [7, 11) is 1.28. The number of hydrogen-bond acceptors (Lipinski definition) is 4. The van der Waals surface area contributed by atoms with Crippen molar-refractivity contribution in [2.75, 3.05) is 13.7 Å². The van der Waals surface area contributed by atoms with E-state index in [1.807, 2.05) is 0 Å². The molecule has 1 heterocycles. The Morgan fingerprint density at radius 1 is 1.29 bits per heavy atom. The lowest BCUT2D eigenvalue weighted by Crippen LogP contribution is -2.58. The third kappa shape index (κ3) is 4.34. The first-order chi connectivity index (χ1) is 9.68. The van der Waals surface area contributed by atoms with Crippen molar-refractivity contribution in [2.24, 2.45) is 5.41 Å². The molecule has 1 unspecified atom stereocenters. The van der Waals surface area contributed by atoms with Gasteiger partial charge >= 0.3 is 18.0 Å². The summed E-state index contributed by atoms with van der Waals surface area (Å²) >= 11 is 0. The molecule has 0 bridgehead atoms. The fraction of sp³-hybridized carbons (Fsp3) is 0.786. The van der Waals surface area contributed by atoms with Crippen LogP contribution < -0.4 is 5.32 Å². The van der Waals surface area contributed by atoms with Crippen LogP contribution in [0.1, 0.15) is 40.0 Å². The minimum Gasteiger partial charge on any atom is -0.480 e. The molecule has 1 fully saturated rings. The van der Waals surface area contributed by atoms with Gasteiger partial charge in [0.25, 0.3) is 0 Å². The van der Waals surface area contributed by atoms with Crippen LogP contribution in [-0.2, 0) is 14.3 Å². The number of hydrogen-bond donors (Lipinski definition) is 2. The standard InChI is InChI=1S/C14H24N2O5/c1-14(2,3)10(11(17)18)15-13(20)16-8-6-5-7-9(16)12(19)21-4/h9-10H,5-8H2,1-4H3,(H,15,20)(H,17,18)/t9?,10-/m0/s1. The molecule has 2 amide bonds. The number of esters is 1. The number of methoxy groups -OCH3 is 1. The largest absolute Gasteiger partial charge is 0.480 e. The molecule has 7 nitrogen and oxygen atoms in total. The molecule has 1 aliphatic rings. The van der Waals surface area contributed by atoms with Gasteiger partial charge in [0.2, 0.25) is 0 Å². The number of carboxylic acids is 1. The summed E-state index contributed by atoms with van der Waals surface area (Å²) in [6.45, 7) is 5.63. The third-order valence-corrected chi connectivity index (χ3v) is 3.62. The summed E-state index contributed by atoms with van der Waals surface area (Å²) < 4.78 is 4.71. The van der Waals surface area contributed by atoms with E-state index >= 15 is 0 Å². The number of carboxylic acid groups (broad SMARTS) is 1. The highest BCUT2D eigenvalue weighted by atomic mass is 16.5. The maximum absolute atomic E-state index is 12.3. The smallest absolute Gasteiger partial charge is 0.328 e. The first kappa shape index (κ1) is 17.3. The van der Waals surface area contributed by atoms with Crippen LogP contribution in [0.2, 0.25) is 0 Å². The topological polar surface area (TPSA) is 95.9 Å². The number of likely N-dealkylation sites (tertiary alicyclic amines) is 1. The Balaban J connectivity index is 2.84. The Bertz CT molecular complexity index is 416. The maximum Gasteiger partial charge on any atom is 0.328 e. The van der Waals surface area contributed by atoms with Crippen LogP contribution in [-0.4, -0.2) is 53.7 Å². The second-order valence-corrected chi connectivity index (χ2v) is 6.31. The minimum absolute atomic E-state index is 0.419. The van der Waals surface area contributed by atoms with Gasteiger partial charge in [-0.05, 0) is 24.7 Å². The van der Waals surface area contributed by atoms with Crippen molar-refractivity contribution < 1.29 is 24.2 Å². The summed E-state index contributed by atoms with van der Waals surface area (Å²) in [6, 6.07) is -2.20. The van der Waals surface area contributed by atoms with Crippen molar-refractivity contribution in [3.05, 3.63) is 0 Å². The molecule has 0 saturated carbocycles. The van der Waals surface area contributed by atoms with Crippen molar-refractivity contribution in [1.82, 2.24) is 10.2 Å². The molecule has 120 valence electrons. The first-order valence-corrected chi connectivity index (χ1v) is 7.06. The van der Waals surface area contributed by atoms with E-state index < -0.39 is 35.5 Å². The number of piperidine rings is 1. The van der Waals surface area contributed by atoms with Crippen molar-refractivity contribution in [3.8, 4) is 0 Å². The van der Waals surface area contributed by atoms with Gasteiger partial charge in [0.05, 0.1) is 7.11 Å². The number of rotatable bonds is 3. The molecule has 0 spiro atoms. The van der Waals surface area contributed by atoms with Crippen molar-refractivity contribution in [2.45, 2.75) is 52.1 Å². The van der Waals surface area contributed by atoms with Crippen LogP contribution in [0.4, 0.5) is 4.79 Å². The molecule has 2 N–H and O–H groups in total. The summed E-state index contributed by atoms with van der Waals surface area (Å²) in [4.78, 5) is 36.8. The van der Waals surface area contributed by atoms with E-state index in [0.717, 1.165) is 12.8 Å². The molecule has 1 aliphatic heterocycles. The van der Waals surface area contributed by atoms with Gasteiger partial charge in [-0.1, -0.05) is 20.8 Å². The second kappa shape index (κ2) is 6.78. The Morgan fingerprint density at radius 3 is 2.38 bits per heavy atom. The molecule has 0 aromatic heterocycles. The summed E-state index contributed by atoms with van der Waals surface area (Å²) in [5, 5.41) is 11.8. The normalized spacial score (nSPS) is 20.6. The van der Waals surface area contributed by atoms with Crippen molar-refractivity contribution >= 4 is 18.0 Å². The van der Waals surface area contributed by atoms with Crippen LogP contribution in [0.25, 0.3) is 0 Å². The lowest BCUT2D eigenvalue weighted by Gasteiger charge is -2.36. The Kier molecular flexibility index (Phi) is 5.57. The van der Waals surface area contributed by atoms with Gasteiger partial charge in [-0.25, -0.2) is 14.4 Å². The highest BCUT2D eigenvalue weighted by Crippen LogP contribution is 2.22. The predicted molar refractivity (Wildman–Crippen MR) is 75.8 cm³/mol. The van der Waals surface area contributed by atoms with Crippen LogP contribution in [0, 0.1) is 5.41 Å². The van der Waals surface area contributed by atoms with Gasteiger partial charge in [0, 0.05) is 6.54 Å². The molecule has 0 radical (unpaired) electrons. The lowest BCUT2D eigenvalue weighted by molar-refractivity contribution is -0.147. The van der Waals surface area contributed by atoms with Crippen LogP contribution in [0.3, 0.4) is 0 Å². The number of ether oxygens (including phenoxy) is 1. The Labute approximate surface area is 124 Å². The first-order valence-electron chi connectivity index (χ1n) is 7.06. The molecular weight excluding hydrogens is 276 g/mol. The molecule has 0 aromatic rings. The van der Waals surface area contributed by atoms with E-state index in [9.17, 15) is 19.5 Å². The fourth-order valence-corrected chi connectivity index (χ4v) is 2.41. The van der Waals surface area contributed by atoms with E-state index in [0.29, 0.717) is 13.0 Å². The molecule has 0 aromatic carbocycles. The monoisotopic (exact) mass is 300 g/mol. The average Bonchev–Trinajstić information content (AvgIpc) is 2.42. The highest BCUT2D eigenvalue weighted by Gasteiger charge is 2.37. The predicted octanol–water partition coefficient (Wildman–Crippen LogP) is 1.22. The van der Waals surface area contributed by atoms with Crippen LogP contribution in [0.15, 0.2) is 0 Å². The van der Waals surface area contributed by atoms with E-state index in [1.165, 1.54) is 12.0 Å². The quantitative estimate of drug-likeness (QED) is 0.764. The van der Waals surface area contributed by atoms with Crippen LogP contribution in [0.5, 0.6) is 0 Å². The molecule has 2 atom stereocenters. The van der Waals surface area contributed by atoms with Gasteiger partial charge in [-0.3, -0.25) is 0 Å². The zero-order valence-corrected chi connectivity index (χ0v) is 13.0. The maximum atomic E-state index is 12.3. The summed E-state index contributed by atoms with van der Waals surface area (Å²) in [6.07, 6.45) is 2.16. The number of nitrogens with one attached hydrogen (secondary N) is 1. The second-order valence-electron chi connectivity index (χ2n) is 6.31. The lowest BCUT2D eigenvalue weighted by atomic mass is 9.87. The van der Waals surface area contributed by atoms with Gasteiger partial charge < -0.3 is 20.1 Å². The zero-order valence-electron chi connectivity index (χ0n) is 13.0. The number of carbonyl (C=O) groups is 3. The minimum atomic E-state index is -1.09. The van der Waals surface area contributed by atoms with E-state index in [1.54, 1.807) is 20.8 Å². The molecule has 21 heavy (non-hydrogen) atoms. The summed E-state index contributed by atoms with van der Waals surface area (Å²) in [5.74, 6) is -1.56. The highest BCUT2D eigenvalue weighted by molar-refractivity contribution is 5.87. The Morgan fingerprint density at radius 2 is 1.90 bits per heavy atom. The molecule has 7 heteroatoms. The van der Waals surface area contributed by atoms with E-state index in [2.05, 4.69) is 5.32 Å². The average molecular weight is 300 g/mol. The van der Waals surface area contributed by atoms with Gasteiger partial charge in [-0.2, -0.15) is 0 Å². The summed E-state index contributed by atoms with van der Waals surface area (Å²) in [5.41, 5.74) is -0.627. The molecule has 0 aliphatic carbocycles. The van der Waals surface area contributed by atoms with Crippen molar-refractivity contribution in [1.29, 1.82) is 0 Å². The van der Waals surface area contributed by atoms with Crippen LogP contribution >= 0.6 is 0 Å². The molecular formula is C14H24N2O5. The SMILES string of the molecule is COC(=O)C1CCCCN1C(=O)N[C@@H](C(=O)O)C(C)(C)C.